The lowest BCUT2D eigenvalue weighted by atomic mass is 10.1. The summed E-state index contributed by atoms with van der Waals surface area (Å²) in [5, 5.41) is 9.77. The van der Waals surface area contributed by atoms with E-state index in [1.165, 1.54) is 24.7 Å². The molecule has 0 fully saturated rings. The van der Waals surface area contributed by atoms with Gasteiger partial charge in [-0.1, -0.05) is 19.1 Å². The Morgan fingerprint density at radius 2 is 2.15 bits per heavy atom. The first-order valence-electron chi connectivity index (χ1n) is 6.31. The molecule has 1 aromatic heterocycles. The Balaban J connectivity index is 2.16. The van der Waals surface area contributed by atoms with Crippen LogP contribution in [-0.4, -0.2) is 13.5 Å². The molecule has 1 aromatic carbocycles. The van der Waals surface area contributed by atoms with Gasteiger partial charge in [-0.3, -0.25) is 0 Å². The molecule has 108 valence electrons. The van der Waals surface area contributed by atoms with E-state index in [0.29, 0.717) is 12.0 Å². The number of sulfonamides is 1. The van der Waals surface area contributed by atoms with Gasteiger partial charge in [0.15, 0.2) is 0 Å². The summed E-state index contributed by atoms with van der Waals surface area (Å²) in [7, 11) is -3.60. The third kappa shape index (κ3) is 3.47. The average Bonchev–Trinajstić information content (AvgIpc) is 2.98. The minimum absolute atomic E-state index is 0.144. The fourth-order valence-electron chi connectivity index (χ4n) is 1.78. The molecule has 2 N–H and O–H groups in total. The van der Waals surface area contributed by atoms with Crippen molar-refractivity contribution in [2.45, 2.75) is 30.9 Å². The van der Waals surface area contributed by atoms with Crippen LogP contribution in [0.2, 0.25) is 0 Å². The summed E-state index contributed by atoms with van der Waals surface area (Å²) in [6, 6.07) is 8.03. The Labute approximate surface area is 118 Å². The normalized spacial score (nSPS) is 13.3. The summed E-state index contributed by atoms with van der Waals surface area (Å²) in [5.74, 6) is 0. The molecule has 0 aliphatic rings. The number of benzene rings is 1. The van der Waals surface area contributed by atoms with Crippen molar-refractivity contribution in [3.05, 3.63) is 54.0 Å². The van der Waals surface area contributed by atoms with Crippen molar-refractivity contribution in [1.82, 2.24) is 4.72 Å². The molecule has 0 aliphatic carbocycles. The van der Waals surface area contributed by atoms with Gasteiger partial charge in [0.25, 0.3) is 0 Å². The van der Waals surface area contributed by atoms with Crippen LogP contribution in [0.5, 0.6) is 0 Å². The van der Waals surface area contributed by atoms with E-state index in [9.17, 15) is 13.5 Å². The predicted molar refractivity (Wildman–Crippen MR) is 74.4 cm³/mol. The minimum atomic E-state index is -3.60. The maximum Gasteiger partial charge on any atom is 0.240 e. The van der Waals surface area contributed by atoms with Gasteiger partial charge in [0.2, 0.25) is 10.0 Å². The maximum atomic E-state index is 12.2. The first-order chi connectivity index (χ1) is 9.53. The summed E-state index contributed by atoms with van der Waals surface area (Å²) in [6.07, 6.45) is 2.85. The fraction of sp³-hybridized carbons (Fsp3) is 0.286. The van der Waals surface area contributed by atoms with Crippen molar-refractivity contribution in [2.24, 2.45) is 0 Å². The van der Waals surface area contributed by atoms with Gasteiger partial charge < -0.3 is 9.52 Å². The highest BCUT2D eigenvalue weighted by Crippen LogP contribution is 2.20. The maximum absolute atomic E-state index is 12.2. The molecular formula is C14H17NO4S. The number of rotatable bonds is 6. The van der Waals surface area contributed by atoms with Gasteiger partial charge in [0.1, 0.15) is 0 Å². The molecule has 0 amide bonds. The molecule has 1 atom stereocenters. The molecule has 0 bridgehead atoms. The van der Waals surface area contributed by atoms with Gasteiger partial charge in [-0.15, -0.1) is 0 Å². The number of furan rings is 1. The van der Waals surface area contributed by atoms with E-state index in [4.69, 9.17) is 4.42 Å². The van der Waals surface area contributed by atoms with E-state index < -0.39 is 16.1 Å². The largest absolute Gasteiger partial charge is 0.472 e. The van der Waals surface area contributed by atoms with Gasteiger partial charge >= 0.3 is 0 Å². The van der Waals surface area contributed by atoms with E-state index in [2.05, 4.69) is 4.72 Å². The Kier molecular flexibility index (Phi) is 4.59. The summed E-state index contributed by atoms with van der Waals surface area (Å²) >= 11 is 0. The molecule has 0 saturated heterocycles. The lowest BCUT2D eigenvalue weighted by Gasteiger charge is -2.11. The van der Waals surface area contributed by atoms with Crippen LogP contribution in [0.25, 0.3) is 0 Å². The SMILES string of the molecule is CCC(O)c1cccc(S(=O)(=O)NCc2ccoc2)c1. The summed E-state index contributed by atoms with van der Waals surface area (Å²) < 4.78 is 31.7. The molecule has 6 heteroatoms. The van der Waals surface area contributed by atoms with Crippen molar-refractivity contribution in [3.63, 3.8) is 0 Å². The average molecular weight is 295 g/mol. The lowest BCUT2D eigenvalue weighted by Crippen LogP contribution is -2.23. The molecule has 1 heterocycles. The van der Waals surface area contributed by atoms with E-state index in [-0.39, 0.29) is 11.4 Å². The van der Waals surface area contributed by atoms with Crippen molar-refractivity contribution in [2.75, 3.05) is 0 Å². The van der Waals surface area contributed by atoms with E-state index in [1.807, 2.05) is 6.92 Å². The minimum Gasteiger partial charge on any atom is -0.472 e. The second-order valence-electron chi connectivity index (χ2n) is 4.45. The topological polar surface area (TPSA) is 79.5 Å². The van der Waals surface area contributed by atoms with E-state index in [0.717, 1.165) is 5.56 Å². The van der Waals surface area contributed by atoms with Gasteiger partial charge in [0, 0.05) is 12.1 Å². The van der Waals surface area contributed by atoms with Gasteiger partial charge in [0.05, 0.1) is 23.5 Å². The number of aliphatic hydroxyl groups excluding tert-OH is 1. The third-order valence-electron chi connectivity index (χ3n) is 2.99. The second-order valence-corrected chi connectivity index (χ2v) is 6.22. The van der Waals surface area contributed by atoms with E-state index >= 15 is 0 Å². The number of nitrogens with one attached hydrogen (secondary N) is 1. The van der Waals surface area contributed by atoms with Gasteiger partial charge in [-0.2, -0.15) is 0 Å². The van der Waals surface area contributed by atoms with Crippen molar-refractivity contribution in [1.29, 1.82) is 0 Å². The summed E-state index contributed by atoms with van der Waals surface area (Å²) in [6.45, 7) is 2.00. The predicted octanol–water partition coefficient (Wildman–Crippen LogP) is 2.20. The molecule has 0 spiro atoms. The zero-order valence-electron chi connectivity index (χ0n) is 11.1. The molecule has 0 aliphatic heterocycles. The molecule has 20 heavy (non-hydrogen) atoms. The second kappa shape index (κ2) is 6.21. The zero-order valence-corrected chi connectivity index (χ0v) is 11.9. The van der Waals surface area contributed by atoms with Gasteiger partial charge in [-0.05, 0) is 30.2 Å². The first-order valence-corrected chi connectivity index (χ1v) is 7.80. The lowest BCUT2D eigenvalue weighted by molar-refractivity contribution is 0.173. The fourth-order valence-corrected chi connectivity index (χ4v) is 2.85. The molecule has 5 nitrogen and oxygen atoms in total. The third-order valence-corrected chi connectivity index (χ3v) is 4.39. The first kappa shape index (κ1) is 14.8. The van der Waals surface area contributed by atoms with Crippen LogP contribution in [0.3, 0.4) is 0 Å². The Morgan fingerprint density at radius 1 is 1.35 bits per heavy atom. The standard InChI is InChI=1S/C14H17NO4S/c1-2-14(16)12-4-3-5-13(8-12)20(17,18)15-9-11-6-7-19-10-11/h3-8,10,14-16H,2,9H2,1H3. The van der Waals surface area contributed by atoms with Crippen LogP contribution in [0.4, 0.5) is 0 Å². The van der Waals surface area contributed by atoms with Crippen LogP contribution >= 0.6 is 0 Å². The van der Waals surface area contributed by atoms with Crippen LogP contribution in [0, 0.1) is 0 Å². The van der Waals surface area contributed by atoms with Crippen LogP contribution in [-0.2, 0) is 16.6 Å². The quantitative estimate of drug-likeness (QED) is 0.856. The van der Waals surface area contributed by atoms with Crippen LogP contribution < -0.4 is 4.72 Å². The number of aliphatic hydroxyl groups is 1. The highest BCUT2D eigenvalue weighted by Gasteiger charge is 2.16. The highest BCUT2D eigenvalue weighted by molar-refractivity contribution is 7.89. The Morgan fingerprint density at radius 3 is 2.80 bits per heavy atom. The van der Waals surface area contributed by atoms with Crippen molar-refractivity contribution in [3.8, 4) is 0 Å². The smallest absolute Gasteiger partial charge is 0.240 e. The van der Waals surface area contributed by atoms with E-state index in [1.54, 1.807) is 18.2 Å². The molecule has 2 aromatic rings. The Bertz CT molecular complexity index is 650. The molecule has 0 radical (unpaired) electrons. The summed E-state index contributed by atoms with van der Waals surface area (Å²) in [4.78, 5) is 0.144. The van der Waals surface area contributed by atoms with Crippen LogP contribution in [0.1, 0.15) is 30.6 Å². The molecule has 2 rings (SSSR count). The van der Waals surface area contributed by atoms with Crippen molar-refractivity contribution < 1.29 is 17.9 Å². The van der Waals surface area contributed by atoms with Gasteiger partial charge in [-0.25, -0.2) is 13.1 Å². The molecular weight excluding hydrogens is 278 g/mol. The monoisotopic (exact) mass is 295 g/mol. The summed E-state index contributed by atoms with van der Waals surface area (Å²) in [5.41, 5.74) is 1.34. The highest BCUT2D eigenvalue weighted by atomic mass is 32.2. The Hall–Kier alpha value is -1.63. The molecule has 1 unspecified atom stereocenters. The van der Waals surface area contributed by atoms with Crippen LogP contribution in [0.15, 0.2) is 52.2 Å². The zero-order chi connectivity index (χ0) is 14.6. The number of hydrogen-bond donors (Lipinski definition) is 2. The van der Waals surface area contributed by atoms with Crippen molar-refractivity contribution >= 4 is 10.0 Å². The number of hydrogen-bond acceptors (Lipinski definition) is 4. The molecule has 0 saturated carbocycles.